The molecule has 0 radical (unpaired) electrons. The normalized spacial score (nSPS) is 11.3. The van der Waals surface area contributed by atoms with E-state index in [2.05, 4.69) is 31.9 Å². The van der Waals surface area contributed by atoms with Gasteiger partial charge < -0.3 is 15.4 Å². The maximum atomic E-state index is 12.4. The molecule has 0 aromatic heterocycles. The van der Waals surface area contributed by atoms with Gasteiger partial charge in [0.1, 0.15) is 5.75 Å². The van der Waals surface area contributed by atoms with E-state index < -0.39 is 6.10 Å². The zero-order valence-corrected chi connectivity index (χ0v) is 21.0. The SMILES string of the molecule is Cc1ccc(C(=O)NC(=S)Nc2ccc(NC(=O)C(C)Oc3ccccc3Cl)cc2)cc1Br. The maximum Gasteiger partial charge on any atom is 0.265 e. The summed E-state index contributed by atoms with van der Waals surface area (Å²) in [4.78, 5) is 24.8. The van der Waals surface area contributed by atoms with Crippen LogP contribution >= 0.6 is 39.7 Å². The van der Waals surface area contributed by atoms with Crippen LogP contribution in [0.2, 0.25) is 5.02 Å². The predicted octanol–water partition coefficient (Wildman–Crippen LogP) is 5.94. The molecule has 3 N–H and O–H groups in total. The van der Waals surface area contributed by atoms with E-state index in [0.717, 1.165) is 10.0 Å². The molecule has 6 nitrogen and oxygen atoms in total. The first-order chi connectivity index (χ1) is 15.7. The highest BCUT2D eigenvalue weighted by Gasteiger charge is 2.16. The van der Waals surface area contributed by atoms with Gasteiger partial charge in [0.25, 0.3) is 11.8 Å². The lowest BCUT2D eigenvalue weighted by Gasteiger charge is -2.16. The van der Waals surface area contributed by atoms with E-state index in [1.807, 2.05) is 13.0 Å². The number of para-hydroxylation sites is 1. The van der Waals surface area contributed by atoms with Crippen LogP contribution in [0.4, 0.5) is 11.4 Å². The predicted molar refractivity (Wildman–Crippen MR) is 139 cm³/mol. The summed E-state index contributed by atoms with van der Waals surface area (Å²) in [7, 11) is 0. The first kappa shape index (κ1) is 24.7. The number of anilines is 2. The molecule has 33 heavy (non-hydrogen) atoms. The minimum Gasteiger partial charge on any atom is -0.479 e. The Hall–Kier alpha value is -2.94. The molecule has 1 atom stereocenters. The number of halogens is 2. The standard InChI is InChI=1S/C24H21BrClN3O3S/c1-14-7-8-16(13-19(14)25)23(31)29-24(33)28-18-11-9-17(10-12-18)27-22(30)15(2)32-21-6-4-3-5-20(21)26/h3-13,15H,1-2H3,(H,27,30)(H2,28,29,31,33). The fraction of sp³-hybridized carbons (Fsp3) is 0.125. The van der Waals surface area contributed by atoms with Crippen molar-refractivity contribution in [2.45, 2.75) is 20.0 Å². The number of ether oxygens (including phenoxy) is 1. The Kier molecular flexibility index (Phi) is 8.43. The van der Waals surface area contributed by atoms with Gasteiger partial charge in [0.2, 0.25) is 0 Å². The molecule has 9 heteroatoms. The Morgan fingerprint density at radius 2 is 1.64 bits per heavy atom. The van der Waals surface area contributed by atoms with E-state index in [4.69, 9.17) is 28.6 Å². The van der Waals surface area contributed by atoms with Gasteiger partial charge in [-0.1, -0.05) is 45.7 Å². The van der Waals surface area contributed by atoms with Crippen LogP contribution in [0.15, 0.2) is 71.2 Å². The Morgan fingerprint density at radius 1 is 1.00 bits per heavy atom. The van der Waals surface area contributed by atoms with Crippen LogP contribution in [0, 0.1) is 6.92 Å². The Balaban J connectivity index is 1.52. The number of hydrogen-bond donors (Lipinski definition) is 3. The summed E-state index contributed by atoms with van der Waals surface area (Å²) in [5.74, 6) is -0.192. The minimum atomic E-state index is -0.743. The molecule has 1 unspecified atom stereocenters. The lowest BCUT2D eigenvalue weighted by Crippen LogP contribution is -2.34. The molecule has 0 bridgehead atoms. The molecular formula is C24H21BrClN3O3S. The first-order valence-corrected chi connectivity index (χ1v) is 11.5. The molecule has 0 aliphatic rings. The van der Waals surface area contributed by atoms with Crippen molar-refractivity contribution in [1.82, 2.24) is 5.32 Å². The zero-order valence-electron chi connectivity index (χ0n) is 17.8. The topological polar surface area (TPSA) is 79.5 Å². The second-order valence-corrected chi connectivity index (χ2v) is 8.80. The summed E-state index contributed by atoms with van der Waals surface area (Å²) in [6, 6.07) is 19.2. The second kappa shape index (κ2) is 11.3. The fourth-order valence-corrected chi connectivity index (χ4v) is 3.51. The van der Waals surface area contributed by atoms with Crippen molar-refractivity contribution in [3.8, 4) is 5.75 Å². The Morgan fingerprint density at radius 3 is 2.27 bits per heavy atom. The molecule has 3 aromatic carbocycles. The lowest BCUT2D eigenvalue weighted by molar-refractivity contribution is -0.122. The van der Waals surface area contributed by atoms with Crippen LogP contribution in [0.25, 0.3) is 0 Å². The maximum absolute atomic E-state index is 12.4. The monoisotopic (exact) mass is 545 g/mol. The van der Waals surface area contributed by atoms with E-state index in [1.165, 1.54) is 0 Å². The largest absolute Gasteiger partial charge is 0.479 e. The Labute approximate surface area is 210 Å². The molecular weight excluding hydrogens is 526 g/mol. The van der Waals surface area contributed by atoms with Gasteiger partial charge in [-0.3, -0.25) is 14.9 Å². The number of carbonyl (C=O) groups is 2. The van der Waals surface area contributed by atoms with Crippen molar-refractivity contribution in [1.29, 1.82) is 0 Å². The summed E-state index contributed by atoms with van der Waals surface area (Å²) in [6.07, 6.45) is -0.743. The van der Waals surface area contributed by atoms with Crippen molar-refractivity contribution in [3.05, 3.63) is 87.4 Å². The quantitative estimate of drug-likeness (QED) is 0.333. The van der Waals surface area contributed by atoms with E-state index >= 15 is 0 Å². The van der Waals surface area contributed by atoms with E-state index in [1.54, 1.807) is 67.6 Å². The van der Waals surface area contributed by atoms with Gasteiger partial charge in [0.05, 0.1) is 5.02 Å². The number of nitrogens with one attached hydrogen (secondary N) is 3. The van der Waals surface area contributed by atoms with Crippen molar-refractivity contribution >= 4 is 68.1 Å². The lowest BCUT2D eigenvalue weighted by atomic mass is 10.1. The molecule has 3 aromatic rings. The third kappa shape index (κ3) is 7.02. The highest BCUT2D eigenvalue weighted by atomic mass is 79.9. The summed E-state index contributed by atoms with van der Waals surface area (Å²) in [5.41, 5.74) is 2.76. The van der Waals surface area contributed by atoms with E-state index in [0.29, 0.717) is 27.7 Å². The number of thiocarbonyl (C=S) groups is 1. The average Bonchev–Trinajstić information content (AvgIpc) is 2.78. The van der Waals surface area contributed by atoms with Crippen molar-refractivity contribution in [2.75, 3.05) is 10.6 Å². The Bertz CT molecular complexity index is 1190. The van der Waals surface area contributed by atoms with Crippen LogP contribution in [-0.2, 0) is 4.79 Å². The molecule has 0 heterocycles. The van der Waals surface area contributed by atoms with E-state index in [-0.39, 0.29) is 16.9 Å². The number of amides is 2. The number of carbonyl (C=O) groups excluding carboxylic acids is 2. The number of aryl methyl sites for hydroxylation is 1. The third-order valence-electron chi connectivity index (χ3n) is 4.58. The highest BCUT2D eigenvalue weighted by Crippen LogP contribution is 2.24. The number of benzene rings is 3. The summed E-state index contributed by atoms with van der Waals surface area (Å²) in [6.45, 7) is 3.58. The van der Waals surface area contributed by atoms with Crippen LogP contribution in [0.3, 0.4) is 0 Å². The smallest absolute Gasteiger partial charge is 0.265 e. The van der Waals surface area contributed by atoms with Crippen LogP contribution in [0.1, 0.15) is 22.8 Å². The van der Waals surface area contributed by atoms with Crippen LogP contribution < -0.4 is 20.7 Å². The molecule has 3 rings (SSSR count). The third-order valence-corrected chi connectivity index (χ3v) is 5.95. The summed E-state index contributed by atoms with van der Waals surface area (Å²) >= 11 is 14.7. The van der Waals surface area contributed by atoms with Gasteiger partial charge >= 0.3 is 0 Å². The summed E-state index contributed by atoms with van der Waals surface area (Å²) in [5, 5.41) is 8.97. The fourth-order valence-electron chi connectivity index (χ4n) is 2.74. The zero-order chi connectivity index (χ0) is 24.0. The van der Waals surface area contributed by atoms with Gasteiger partial charge in [-0.15, -0.1) is 0 Å². The number of hydrogen-bond acceptors (Lipinski definition) is 4. The van der Waals surface area contributed by atoms with Crippen molar-refractivity contribution in [3.63, 3.8) is 0 Å². The molecule has 0 spiro atoms. The second-order valence-electron chi connectivity index (χ2n) is 7.13. The molecule has 0 aliphatic carbocycles. The van der Waals surface area contributed by atoms with Gasteiger partial charge in [-0.2, -0.15) is 0 Å². The molecule has 170 valence electrons. The molecule has 2 amide bonds. The minimum absolute atomic E-state index is 0.162. The van der Waals surface area contributed by atoms with E-state index in [9.17, 15) is 9.59 Å². The first-order valence-electron chi connectivity index (χ1n) is 9.93. The van der Waals surface area contributed by atoms with Gasteiger partial charge in [0, 0.05) is 21.4 Å². The van der Waals surface area contributed by atoms with Crippen LogP contribution in [-0.4, -0.2) is 23.0 Å². The molecule has 0 saturated heterocycles. The highest BCUT2D eigenvalue weighted by molar-refractivity contribution is 9.10. The number of rotatable bonds is 6. The van der Waals surface area contributed by atoms with Gasteiger partial charge in [-0.25, -0.2) is 0 Å². The van der Waals surface area contributed by atoms with Gasteiger partial charge in [0.15, 0.2) is 11.2 Å². The molecule has 0 fully saturated rings. The molecule has 0 saturated carbocycles. The van der Waals surface area contributed by atoms with Crippen molar-refractivity contribution in [2.24, 2.45) is 0 Å². The van der Waals surface area contributed by atoms with Crippen LogP contribution in [0.5, 0.6) is 5.75 Å². The van der Waals surface area contributed by atoms with Crippen molar-refractivity contribution < 1.29 is 14.3 Å². The van der Waals surface area contributed by atoms with Gasteiger partial charge in [-0.05, 0) is 80.2 Å². The molecule has 0 aliphatic heterocycles. The summed E-state index contributed by atoms with van der Waals surface area (Å²) < 4.78 is 6.47. The average molecular weight is 547 g/mol.